The van der Waals surface area contributed by atoms with E-state index in [1.54, 1.807) is 0 Å². The van der Waals surface area contributed by atoms with E-state index in [1.165, 1.54) is 36.9 Å². The number of aromatic nitrogens is 2. The van der Waals surface area contributed by atoms with Crippen LogP contribution in [0.25, 0.3) is 0 Å². The van der Waals surface area contributed by atoms with Crippen LogP contribution in [0.5, 0.6) is 0 Å². The number of rotatable bonds is 2. The van der Waals surface area contributed by atoms with Crippen molar-refractivity contribution in [2.75, 3.05) is 5.32 Å². The van der Waals surface area contributed by atoms with Crippen LogP contribution in [0.15, 0.2) is 0 Å². The molecule has 1 aromatic rings. The highest BCUT2D eigenvalue weighted by Gasteiger charge is 2.19. The van der Waals surface area contributed by atoms with Gasteiger partial charge in [-0.3, -0.25) is 4.68 Å². The summed E-state index contributed by atoms with van der Waals surface area (Å²) in [5.74, 6) is 1.11. The zero-order valence-corrected chi connectivity index (χ0v) is 9.30. The van der Waals surface area contributed by atoms with E-state index >= 15 is 0 Å². The van der Waals surface area contributed by atoms with Gasteiger partial charge in [0.2, 0.25) is 0 Å². The fourth-order valence-electron chi connectivity index (χ4n) is 2.16. The Morgan fingerprint density at radius 2 is 2.00 bits per heavy atom. The first-order valence-corrected chi connectivity index (χ1v) is 5.49. The second-order valence-electron chi connectivity index (χ2n) is 4.40. The fraction of sp³-hybridized carbons (Fsp3) is 0.727. The Bertz CT molecular complexity index is 326. The Labute approximate surface area is 85.5 Å². The van der Waals surface area contributed by atoms with E-state index in [0.29, 0.717) is 6.04 Å². The van der Waals surface area contributed by atoms with Crippen LogP contribution < -0.4 is 5.32 Å². The molecule has 0 saturated carbocycles. The van der Waals surface area contributed by atoms with Gasteiger partial charge < -0.3 is 5.32 Å². The molecular formula is C11H19N3. The lowest BCUT2D eigenvalue weighted by molar-refractivity contribution is 0.626. The van der Waals surface area contributed by atoms with Crippen molar-refractivity contribution in [2.24, 2.45) is 7.05 Å². The van der Waals surface area contributed by atoms with Crippen molar-refractivity contribution < 1.29 is 0 Å². The Hall–Kier alpha value is -0.990. The lowest BCUT2D eigenvalue weighted by atomic mass is 9.97. The van der Waals surface area contributed by atoms with Crippen LogP contribution in [0.2, 0.25) is 0 Å². The predicted octanol–water partition coefficient (Wildman–Crippen LogP) is 2.12. The molecule has 3 nitrogen and oxygen atoms in total. The minimum absolute atomic E-state index is 0.468. The van der Waals surface area contributed by atoms with Gasteiger partial charge in [-0.2, -0.15) is 5.10 Å². The van der Waals surface area contributed by atoms with Crippen molar-refractivity contribution in [3.63, 3.8) is 0 Å². The van der Waals surface area contributed by atoms with Crippen LogP contribution >= 0.6 is 0 Å². The maximum absolute atomic E-state index is 4.54. The van der Waals surface area contributed by atoms with E-state index in [4.69, 9.17) is 0 Å². The number of nitrogens with one attached hydrogen (secondary N) is 1. The molecule has 0 spiro atoms. The quantitative estimate of drug-likeness (QED) is 0.779. The van der Waals surface area contributed by atoms with Crippen LogP contribution in [-0.4, -0.2) is 15.8 Å². The first-order chi connectivity index (χ1) is 6.68. The Morgan fingerprint density at radius 1 is 1.29 bits per heavy atom. The third-order valence-corrected chi connectivity index (χ3v) is 2.79. The molecule has 78 valence electrons. The summed E-state index contributed by atoms with van der Waals surface area (Å²) in [6.45, 7) is 4.31. The molecule has 0 amide bonds. The zero-order chi connectivity index (χ0) is 10.1. The van der Waals surface area contributed by atoms with E-state index < -0.39 is 0 Å². The third kappa shape index (κ3) is 1.63. The highest BCUT2D eigenvalue weighted by Crippen LogP contribution is 2.27. The molecule has 0 fully saturated rings. The number of hydrogen-bond donors (Lipinski definition) is 1. The van der Waals surface area contributed by atoms with Crippen molar-refractivity contribution in [2.45, 2.75) is 45.6 Å². The maximum atomic E-state index is 4.54. The van der Waals surface area contributed by atoms with Gasteiger partial charge in [-0.1, -0.05) is 0 Å². The van der Waals surface area contributed by atoms with Crippen LogP contribution in [0, 0.1) is 0 Å². The predicted molar refractivity (Wildman–Crippen MR) is 58.6 cm³/mol. The summed E-state index contributed by atoms with van der Waals surface area (Å²) in [5, 5.41) is 7.96. The molecule has 0 saturated heterocycles. The standard InChI is InChI=1S/C11H19N3/c1-8(2)12-11-9-6-4-5-7-10(9)14(3)13-11/h8H,4-7H2,1-3H3,(H,12,13). The summed E-state index contributed by atoms with van der Waals surface area (Å²) in [6, 6.07) is 0.468. The van der Waals surface area contributed by atoms with Gasteiger partial charge in [-0.25, -0.2) is 0 Å². The number of anilines is 1. The number of nitrogens with zero attached hydrogens (tertiary/aromatic N) is 2. The molecule has 1 aliphatic rings. The first-order valence-electron chi connectivity index (χ1n) is 5.49. The number of fused-ring (bicyclic) bond motifs is 1. The molecule has 0 unspecified atom stereocenters. The molecule has 0 atom stereocenters. The summed E-state index contributed by atoms with van der Waals surface area (Å²) in [7, 11) is 2.05. The largest absolute Gasteiger partial charge is 0.366 e. The van der Waals surface area contributed by atoms with Gasteiger partial charge in [0.15, 0.2) is 5.82 Å². The zero-order valence-electron chi connectivity index (χ0n) is 9.30. The van der Waals surface area contributed by atoms with E-state index in [-0.39, 0.29) is 0 Å². The average molecular weight is 193 g/mol. The molecule has 1 aliphatic carbocycles. The molecule has 1 N–H and O–H groups in total. The molecule has 3 heteroatoms. The molecule has 1 heterocycles. The Balaban J connectivity index is 2.31. The summed E-state index contributed by atoms with van der Waals surface area (Å²) in [6.07, 6.45) is 5.01. The van der Waals surface area contributed by atoms with Crippen molar-refractivity contribution in [3.8, 4) is 0 Å². The molecule has 0 bridgehead atoms. The van der Waals surface area contributed by atoms with Gasteiger partial charge in [0.1, 0.15) is 0 Å². The SMILES string of the molecule is CC(C)Nc1nn(C)c2c1CCCC2. The van der Waals surface area contributed by atoms with Gasteiger partial charge in [-0.05, 0) is 39.5 Å². The fourth-order valence-corrected chi connectivity index (χ4v) is 2.16. The minimum Gasteiger partial charge on any atom is -0.366 e. The highest BCUT2D eigenvalue weighted by molar-refractivity contribution is 5.48. The van der Waals surface area contributed by atoms with E-state index in [2.05, 4.69) is 31.3 Å². The minimum atomic E-state index is 0.468. The second-order valence-corrected chi connectivity index (χ2v) is 4.40. The topological polar surface area (TPSA) is 29.9 Å². The van der Waals surface area contributed by atoms with Crippen molar-refractivity contribution in [1.82, 2.24) is 9.78 Å². The second kappa shape index (κ2) is 3.64. The first kappa shape index (κ1) is 9.56. The van der Waals surface area contributed by atoms with E-state index in [1.807, 2.05) is 4.68 Å². The van der Waals surface area contributed by atoms with Gasteiger partial charge in [0, 0.05) is 24.3 Å². The number of hydrogen-bond acceptors (Lipinski definition) is 2. The van der Waals surface area contributed by atoms with E-state index in [0.717, 1.165) is 5.82 Å². The van der Waals surface area contributed by atoms with Gasteiger partial charge in [0.25, 0.3) is 0 Å². The Morgan fingerprint density at radius 3 is 2.71 bits per heavy atom. The molecule has 0 aromatic carbocycles. The monoisotopic (exact) mass is 193 g/mol. The Kier molecular flexibility index (Phi) is 2.48. The molecule has 1 aromatic heterocycles. The van der Waals surface area contributed by atoms with Gasteiger partial charge in [-0.15, -0.1) is 0 Å². The highest BCUT2D eigenvalue weighted by atomic mass is 15.3. The van der Waals surface area contributed by atoms with Crippen LogP contribution in [0.1, 0.15) is 37.9 Å². The lowest BCUT2D eigenvalue weighted by Crippen LogP contribution is -2.12. The van der Waals surface area contributed by atoms with Crippen molar-refractivity contribution in [3.05, 3.63) is 11.3 Å². The van der Waals surface area contributed by atoms with Gasteiger partial charge in [0.05, 0.1) is 0 Å². The summed E-state index contributed by atoms with van der Waals surface area (Å²) < 4.78 is 2.04. The van der Waals surface area contributed by atoms with Crippen LogP contribution in [0.3, 0.4) is 0 Å². The molecule has 0 radical (unpaired) electrons. The smallest absolute Gasteiger partial charge is 0.151 e. The molecule has 14 heavy (non-hydrogen) atoms. The van der Waals surface area contributed by atoms with Crippen molar-refractivity contribution >= 4 is 5.82 Å². The normalized spacial score (nSPS) is 15.7. The molecular weight excluding hydrogens is 174 g/mol. The van der Waals surface area contributed by atoms with Crippen LogP contribution in [0.4, 0.5) is 5.82 Å². The van der Waals surface area contributed by atoms with Gasteiger partial charge >= 0.3 is 0 Å². The maximum Gasteiger partial charge on any atom is 0.151 e. The average Bonchev–Trinajstić information content (AvgIpc) is 2.44. The molecule has 0 aliphatic heterocycles. The summed E-state index contributed by atoms with van der Waals surface area (Å²) in [4.78, 5) is 0. The third-order valence-electron chi connectivity index (χ3n) is 2.79. The van der Waals surface area contributed by atoms with E-state index in [9.17, 15) is 0 Å². The molecule has 2 rings (SSSR count). The number of aryl methyl sites for hydroxylation is 1. The van der Waals surface area contributed by atoms with Crippen LogP contribution in [-0.2, 0) is 19.9 Å². The summed E-state index contributed by atoms with van der Waals surface area (Å²) >= 11 is 0. The lowest BCUT2D eigenvalue weighted by Gasteiger charge is -2.14. The summed E-state index contributed by atoms with van der Waals surface area (Å²) in [5.41, 5.74) is 2.88. The van der Waals surface area contributed by atoms with Crippen molar-refractivity contribution in [1.29, 1.82) is 0 Å².